The highest BCUT2D eigenvalue weighted by molar-refractivity contribution is 5.88. The molecule has 27 heavy (non-hydrogen) atoms. The molecule has 0 aliphatic rings. The van der Waals surface area contributed by atoms with Crippen LogP contribution in [0.1, 0.15) is 34.8 Å². The molecule has 0 radical (unpaired) electrons. The Kier molecular flexibility index (Phi) is 5.71. The minimum Gasteiger partial charge on any atom is -0.452 e. The number of furan rings is 1. The zero-order valence-corrected chi connectivity index (χ0v) is 15.2. The summed E-state index contributed by atoms with van der Waals surface area (Å²) in [6.45, 7) is 1.99. The smallest absolute Gasteiger partial charge is 0.374 e. The van der Waals surface area contributed by atoms with Crippen LogP contribution in [0, 0.1) is 0 Å². The van der Waals surface area contributed by atoms with Gasteiger partial charge in [0, 0.05) is 19.4 Å². The van der Waals surface area contributed by atoms with Crippen molar-refractivity contribution in [3.63, 3.8) is 0 Å². The molecule has 1 unspecified atom stereocenters. The molecular formula is C20H21N3O4. The summed E-state index contributed by atoms with van der Waals surface area (Å²) in [4.78, 5) is 26.0. The number of hydrogen-bond donors (Lipinski definition) is 0. The third kappa shape index (κ3) is 4.63. The van der Waals surface area contributed by atoms with Crippen LogP contribution >= 0.6 is 0 Å². The molecule has 0 spiro atoms. The molecule has 0 bridgehead atoms. The van der Waals surface area contributed by atoms with Crippen molar-refractivity contribution < 1.29 is 18.7 Å². The lowest BCUT2D eigenvalue weighted by molar-refractivity contribution is -0.135. The van der Waals surface area contributed by atoms with Crippen molar-refractivity contribution >= 4 is 11.9 Å². The first-order chi connectivity index (χ1) is 13.0. The molecule has 7 nitrogen and oxygen atoms in total. The van der Waals surface area contributed by atoms with Crippen molar-refractivity contribution in [2.75, 3.05) is 13.7 Å². The van der Waals surface area contributed by atoms with Crippen LogP contribution in [-0.2, 0) is 16.1 Å². The van der Waals surface area contributed by atoms with E-state index >= 15 is 0 Å². The van der Waals surface area contributed by atoms with Gasteiger partial charge in [-0.05, 0) is 30.7 Å². The fourth-order valence-corrected chi connectivity index (χ4v) is 2.60. The number of aromatic nitrogens is 2. The molecule has 0 saturated carbocycles. The maximum atomic E-state index is 12.3. The van der Waals surface area contributed by atoms with Gasteiger partial charge in [0.15, 0.2) is 6.61 Å². The fourth-order valence-electron chi connectivity index (χ4n) is 2.60. The van der Waals surface area contributed by atoms with Crippen LogP contribution in [0.25, 0.3) is 0 Å². The second-order valence-corrected chi connectivity index (χ2v) is 6.14. The summed E-state index contributed by atoms with van der Waals surface area (Å²) in [7, 11) is 1.68. The zero-order valence-electron chi connectivity index (χ0n) is 15.2. The van der Waals surface area contributed by atoms with Crippen molar-refractivity contribution in [2.45, 2.75) is 19.5 Å². The van der Waals surface area contributed by atoms with Gasteiger partial charge in [-0.2, -0.15) is 5.10 Å². The number of benzene rings is 1. The van der Waals surface area contributed by atoms with Crippen molar-refractivity contribution in [1.29, 1.82) is 0 Å². The van der Waals surface area contributed by atoms with Gasteiger partial charge in [0.2, 0.25) is 5.76 Å². The van der Waals surface area contributed by atoms with E-state index in [1.165, 1.54) is 6.07 Å². The monoisotopic (exact) mass is 367 g/mol. The fraction of sp³-hybridized carbons (Fsp3) is 0.250. The summed E-state index contributed by atoms with van der Waals surface area (Å²) in [6, 6.07) is 14.5. The summed E-state index contributed by atoms with van der Waals surface area (Å²) in [5.41, 5.74) is 1.01. The largest absolute Gasteiger partial charge is 0.452 e. The Hall–Kier alpha value is -3.35. The van der Waals surface area contributed by atoms with Crippen LogP contribution in [0.4, 0.5) is 0 Å². The molecule has 2 aromatic heterocycles. The molecule has 0 saturated heterocycles. The lowest BCUT2D eigenvalue weighted by atomic mass is 10.1. The van der Waals surface area contributed by atoms with Gasteiger partial charge in [-0.1, -0.05) is 30.3 Å². The van der Waals surface area contributed by atoms with Crippen molar-refractivity contribution in [3.05, 3.63) is 78.0 Å². The summed E-state index contributed by atoms with van der Waals surface area (Å²) in [5.74, 6) is -0.325. The van der Waals surface area contributed by atoms with Crippen LogP contribution in [0.5, 0.6) is 0 Å². The second kappa shape index (κ2) is 8.35. The van der Waals surface area contributed by atoms with Gasteiger partial charge >= 0.3 is 5.97 Å². The second-order valence-electron chi connectivity index (χ2n) is 6.14. The lowest BCUT2D eigenvalue weighted by Gasteiger charge is -2.25. The third-order valence-electron chi connectivity index (χ3n) is 4.32. The third-order valence-corrected chi connectivity index (χ3v) is 4.32. The molecule has 0 aliphatic heterocycles. The molecule has 0 N–H and O–H groups in total. The first-order valence-corrected chi connectivity index (χ1v) is 8.58. The lowest BCUT2D eigenvalue weighted by Crippen LogP contribution is -2.33. The van der Waals surface area contributed by atoms with E-state index in [2.05, 4.69) is 5.10 Å². The highest BCUT2D eigenvalue weighted by Crippen LogP contribution is 2.18. The standard InChI is InChI=1S/C20H21N3O4/c1-15(16-7-4-3-5-8-16)22(2)19(24)14-26-20(25)18-10-9-17(27-18)13-23-12-6-11-21-23/h3-12,15H,13-14H2,1-2H3. The van der Waals surface area contributed by atoms with Crippen LogP contribution in [0.2, 0.25) is 0 Å². The van der Waals surface area contributed by atoms with E-state index in [1.54, 1.807) is 41.2 Å². The van der Waals surface area contributed by atoms with E-state index in [1.807, 2.05) is 37.3 Å². The maximum Gasteiger partial charge on any atom is 0.374 e. The molecule has 7 heteroatoms. The van der Waals surface area contributed by atoms with Gasteiger partial charge in [0.1, 0.15) is 5.76 Å². The highest BCUT2D eigenvalue weighted by Gasteiger charge is 2.20. The normalized spacial score (nSPS) is 11.8. The number of nitrogens with zero attached hydrogens (tertiary/aromatic N) is 3. The van der Waals surface area contributed by atoms with E-state index in [9.17, 15) is 9.59 Å². The Morgan fingerprint density at radius 2 is 1.96 bits per heavy atom. The number of rotatable bonds is 7. The van der Waals surface area contributed by atoms with Crippen LogP contribution in [-0.4, -0.2) is 40.2 Å². The summed E-state index contributed by atoms with van der Waals surface area (Å²) < 4.78 is 12.2. The van der Waals surface area contributed by atoms with E-state index in [0.29, 0.717) is 12.3 Å². The average Bonchev–Trinajstić information content (AvgIpc) is 3.38. The Morgan fingerprint density at radius 1 is 1.19 bits per heavy atom. The summed E-state index contributed by atoms with van der Waals surface area (Å²) >= 11 is 0. The molecule has 1 aromatic carbocycles. The Labute approximate surface area is 157 Å². The predicted molar refractivity (Wildman–Crippen MR) is 97.9 cm³/mol. The van der Waals surface area contributed by atoms with E-state index in [-0.39, 0.29) is 24.3 Å². The predicted octanol–water partition coefficient (Wildman–Crippen LogP) is 2.90. The zero-order chi connectivity index (χ0) is 19.2. The Bertz CT molecular complexity index is 887. The number of carbonyl (C=O) groups is 2. The molecule has 0 fully saturated rings. The van der Waals surface area contributed by atoms with Crippen molar-refractivity contribution in [2.24, 2.45) is 0 Å². The first kappa shape index (κ1) is 18.4. The van der Waals surface area contributed by atoms with Crippen molar-refractivity contribution in [1.82, 2.24) is 14.7 Å². The van der Waals surface area contributed by atoms with E-state index in [4.69, 9.17) is 9.15 Å². The Morgan fingerprint density at radius 3 is 2.67 bits per heavy atom. The number of hydrogen-bond acceptors (Lipinski definition) is 5. The molecule has 1 amide bonds. The van der Waals surface area contributed by atoms with Crippen LogP contribution in [0.15, 0.2) is 65.3 Å². The molecule has 1 atom stereocenters. The van der Waals surface area contributed by atoms with Gasteiger partial charge < -0.3 is 14.1 Å². The number of carbonyl (C=O) groups excluding carboxylic acids is 2. The molecule has 2 heterocycles. The van der Waals surface area contributed by atoms with Gasteiger partial charge in [0.05, 0.1) is 12.6 Å². The average molecular weight is 367 g/mol. The van der Waals surface area contributed by atoms with Crippen LogP contribution < -0.4 is 0 Å². The molecule has 0 aliphatic carbocycles. The molecule has 3 rings (SSSR count). The summed E-state index contributed by atoms with van der Waals surface area (Å²) in [5, 5.41) is 4.08. The molecular weight excluding hydrogens is 346 g/mol. The maximum absolute atomic E-state index is 12.3. The first-order valence-electron chi connectivity index (χ1n) is 8.58. The van der Waals surface area contributed by atoms with Gasteiger partial charge in [0.25, 0.3) is 5.91 Å². The SMILES string of the molecule is CC(c1ccccc1)N(C)C(=O)COC(=O)c1ccc(Cn2cccn2)o1. The number of likely N-dealkylation sites (N-methyl/N-ethyl adjacent to an activating group) is 1. The number of ether oxygens (including phenoxy) is 1. The van der Waals surface area contributed by atoms with Crippen molar-refractivity contribution in [3.8, 4) is 0 Å². The minimum atomic E-state index is -0.671. The quantitative estimate of drug-likeness (QED) is 0.600. The minimum absolute atomic E-state index is 0.0590. The Balaban J connectivity index is 1.52. The van der Waals surface area contributed by atoms with Gasteiger partial charge in [-0.25, -0.2) is 4.79 Å². The molecule has 140 valence electrons. The topological polar surface area (TPSA) is 77.6 Å². The van der Waals surface area contributed by atoms with E-state index < -0.39 is 5.97 Å². The molecule has 3 aromatic rings. The number of esters is 1. The van der Waals surface area contributed by atoms with Crippen LogP contribution in [0.3, 0.4) is 0 Å². The number of amides is 1. The summed E-state index contributed by atoms with van der Waals surface area (Å²) in [6.07, 6.45) is 3.46. The highest BCUT2D eigenvalue weighted by atomic mass is 16.5. The van der Waals surface area contributed by atoms with Gasteiger partial charge in [-0.3, -0.25) is 9.48 Å². The van der Waals surface area contributed by atoms with Gasteiger partial charge in [-0.15, -0.1) is 0 Å². The van der Waals surface area contributed by atoms with E-state index in [0.717, 1.165) is 5.56 Å².